The quantitative estimate of drug-likeness (QED) is 0.831. The number of tetrazole rings is 1. The monoisotopic (exact) mass is 299 g/mol. The molecule has 114 valence electrons. The Bertz CT molecular complexity index is 579. The largest absolute Gasteiger partial charge is 0.416 e. The Hall–Kier alpha value is -1.96. The van der Waals surface area contributed by atoms with Crippen LogP contribution in [0.25, 0.3) is 0 Å². The van der Waals surface area contributed by atoms with Gasteiger partial charge in [-0.1, -0.05) is 25.1 Å². The molecule has 0 saturated heterocycles. The van der Waals surface area contributed by atoms with Gasteiger partial charge in [0.25, 0.3) is 0 Å². The zero-order valence-corrected chi connectivity index (χ0v) is 11.6. The van der Waals surface area contributed by atoms with Crippen molar-refractivity contribution in [2.75, 3.05) is 6.54 Å². The lowest BCUT2D eigenvalue weighted by molar-refractivity contribution is -0.138. The molecule has 0 radical (unpaired) electrons. The molecule has 0 aliphatic rings. The van der Waals surface area contributed by atoms with Crippen LogP contribution in [0, 0.1) is 0 Å². The third-order valence-corrected chi connectivity index (χ3v) is 2.96. The number of aromatic nitrogens is 4. The first kappa shape index (κ1) is 15.4. The second-order valence-electron chi connectivity index (χ2n) is 4.58. The van der Waals surface area contributed by atoms with Gasteiger partial charge in [0.15, 0.2) is 5.82 Å². The number of hydrogen-bond acceptors (Lipinski definition) is 4. The summed E-state index contributed by atoms with van der Waals surface area (Å²) >= 11 is 0. The molecule has 1 aromatic heterocycles. The summed E-state index contributed by atoms with van der Waals surface area (Å²) < 4.78 is 40.2. The van der Waals surface area contributed by atoms with Crippen molar-refractivity contribution in [3.63, 3.8) is 0 Å². The van der Waals surface area contributed by atoms with Gasteiger partial charge in [-0.3, -0.25) is 0 Å². The molecule has 2 rings (SSSR count). The van der Waals surface area contributed by atoms with E-state index in [-0.39, 0.29) is 12.1 Å². The SMILES string of the molecule is CCCNCc1nnnn1Cc1ccccc1C(F)(F)F. The molecule has 0 atom stereocenters. The molecule has 0 fully saturated rings. The van der Waals surface area contributed by atoms with Gasteiger partial charge in [-0.25, -0.2) is 4.68 Å². The minimum atomic E-state index is -4.38. The summed E-state index contributed by atoms with van der Waals surface area (Å²) in [5, 5.41) is 14.2. The van der Waals surface area contributed by atoms with Crippen molar-refractivity contribution >= 4 is 0 Å². The van der Waals surface area contributed by atoms with Crippen LogP contribution in [0.15, 0.2) is 24.3 Å². The third kappa shape index (κ3) is 4.01. The van der Waals surface area contributed by atoms with E-state index in [0.29, 0.717) is 12.4 Å². The standard InChI is InChI=1S/C13H16F3N5/c1-2-7-17-8-12-18-19-20-21(12)9-10-5-3-4-6-11(10)13(14,15)16/h3-6,17H,2,7-9H2,1H3. The van der Waals surface area contributed by atoms with E-state index in [4.69, 9.17) is 0 Å². The smallest absolute Gasteiger partial charge is 0.310 e. The van der Waals surface area contributed by atoms with Gasteiger partial charge >= 0.3 is 6.18 Å². The fourth-order valence-electron chi connectivity index (χ4n) is 1.95. The molecule has 1 N–H and O–H groups in total. The average molecular weight is 299 g/mol. The van der Waals surface area contributed by atoms with Crippen LogP contribution in [-0.4, -0.2) is 26.8 Å². The fraction of sp³-hybridized carbons (Fsp3) is 0.462. The van der Waals surface area contributed by atoms with Crippen molar-refractivity contribution in [2.24, 2.45) is 0 Å². The maximum absolute atomic E-state index is 13.0. The molecule has 2 aromatic rings. The Morgan fingerprint density at radius 1 is 1.24 bits per heavy atom. The number of benzene rings is 1. The summed E-state index contributed by atoms with van der Waals surface area (Å²) in [7, 11) is 0. The number of nitrogens with one attached hydrogen (secondary N) is 1. The minimum Gasteiger partial charge on any atom is -0.310 e. The average Bonchev–Trinajstić information content (AvgIpc) is 2.86. The maximum Gasteiger partial charge on any atom is 0.416 e. The molecule has 21 heavy (non-hydrogen) atoms. The van der Waals surface area contributed by atoms with Crippen LogP contribution in [0.1, 0.15) is 30.3 Å². The lowest BCUT2D eigenvalue weighted by Crippen LogP contribution is -2.19. The van der Waals surface area contributed by atoms with Gasteiger partial charge < -0.3 is 5.32 Å². The molecule has 1 aromatic carbocycles. The molecular weight excluding hydrogens is 283 g/mol. The number of halogens is 3. The van der Waals surface area contributed by atoms with Gasteiger partial charge in [0.2, 0.25) is 0 Å². The van der Waals surface area contributed by atoms with E-state index in [0.717, 1.165) is 19.0 Å². The zero-order valence-electron chi connectivity index (χ0n) is 11.6. The zero-order chi connectivity index (χ0) is 15.3. The van der Waals surface area contributed by atoms with E-state index in [1.54, 1.807) is 6.07 Å². The van der Waals surface area contributed by atoms with Crippen LogP contribution in [0.2, 0.25) is 0 Å². The predicted molar refractivity (Wildman–Crippen MR) is 70.4 cm³/mol. The van der Waals surface area contributed by atoms with Gasteiger partial charge in [0.1, 0.15) is 0 Å². The highest BCUT2D eigenvalue weighted by Crippen LogP contribution is 2.32. The number of rotatable bonds is 6. The summed E-state index contributed by atoms with van der Waals surface area (Å²) in [6.07, 6.45) is -3.43. The summed E-state index contributed by atoms with van der Waals surface area (Å²) in [5.41, 5.74) is -0.512. The van der Waals surface area contributed by atoms with E-state index in [9.17, 15) is 13.2 Å². The van der Waals surface area contributed by atoms with E-state index in [1.807, 2.05) is 6.92 Å². The summed E-state index contributed by atoms with van der Waals surface area (Å²) in [6, 6.07) is 5.45. The molecule has 0 saturated carbocycles. The van der Waals surface area contributed by atoms with Crippen LogP contribution >= 0.6 is 0 Å². The van der Waals surface area contributed by atoms with Crippen molar-refractivity contribution in [2.45, 2.75) is 32.6 Å². The molecule has 0 aliphatic carbocycles. The van der Waals surface area contributed by atoms with Crippen LogP contribution in [0.3, 0.4) is 0 Å². The number of nitrogens with zero attached hydrogens (tertiary/aromatic N) is 4. The molecule has 8 heteroatoms. The van der Waals surface area contributed by atoms with E-state index in [1.165, 1.54) is 16.8 Å². The van der Waals surface area contributed by atoms with Crippen LogP contribution in [-0.2, 0) is 19.3 Å². The van der Waals surface area contributed by atoms with Crippen molar-refractivity contribution < 1.29 is 13.2 Å². The Kier molecular flexibility index (Phi) is 4.89. The molecule has 0 unspecified atom stereocenters. The fourth-order valence-corrected chi connectivity index (χ4v) is 1.95. The highest BCUT2D eigenvalue weighted by atomic mass is 19.4. The first-order valence-electron chi connectivity index (χ1n) is 6.63. The lowest BCUT2D eigenvalue weighted by atomic mass is 10.1. The van der Waals surface area contributed by atoms with Gasteiger partial charge in [-0.2, -0.15) is 13.2 Å². The summed E-state index contributed by atoms with van der Waals surface area (Å²) in [5.74, 6) is 0.514. The normalized spacial score (nSPS) is 11.8. The van der Waals surface area contributed by atoms with Crippen LogP contribution in [0.4, 0.5) is 13.2 Å². The number of hydrogen-bond donors (Lipinski definition) is 1. The molecule has 0 amide bonds. The lowest BCUT2D eigenvalue weighted by Gasteiger charge is -2.13. The Labute approximate surface area is 120 Å². The van der Waals surface area contributed by atoms with Gasteiger partial charge in [-0.05, 0) is 35.0 Å². The molecular formula is C13H16F3N5. The highest BCUT2D eigenvalue weighted by molar-refractivity contribution is 5.29. The maximum atomic E-state index is 13.0. The van der Waals surface area contributed by atoms with Crippen molar-refractivity contribution in [3.8, 4) is 0 Å². The van der Waals surface area contributed by atoms with Gasteiger partial charge in [0.05, 0.1) is 18.7 Å². The third-order valence-electron chi connectivity index (χ3n) is 2.96. The minimum absolute atomic E-state index is 0.00811. The van der Waals surface area contributed by atoms with Crippen molar-refractivity contribution in [3.05, 3.63) is 41.2 Å². The van der Waals surface area contributed by atoms with Crippen LogP contribution in [0.5, 0.6) is 0 Å². The molecule has 5 nitrogen and oxygen atoms in total. The Morgan fingerprint density at radius 3 is 2.71 bits per heavy atom. The summed E-state index contributed by atoms with van der Waals surface area (Å²) in [6.45, 7) is 3.24. The number of alkyl halides is 3. The highest BCUT2D eigenvalue weighted by Gasteiger charge is 2.33. The molecule has 0 spiro atoms. The molecule has 0 bridgehead atoms. The Morgan fingerprint density at radius 2 is 2.00 bits per heavy atom. The van der Waals surface area contributed by atoms with Gasteiger partial charge in [0, 0.05) is 0 Å². The second kappa shape index (κ2) is 6.66. The first-order chi connectivity index (χ1) is 10.0. The van der Waals surface area contributed by atoms with Crippen LogP contribution < -0.4 is 5.32 Å². The second-order valence-corrected chi connectivity index (χ2v) is 4.58. The topological polar surface area (TPSA) is 55.6 Å². The van der Waals surface area contributed by atoms with E-state index in [2.05, 4.69) is 20.8 Å². The molecule has 0 aliphatic heterocycles. The van der Waals surface area contributed by atoms with Crippen molar-refractivity contribution in [1.29, 1.82) is 0 Å². The Balaban J connectivity index is 2.18. The first-order valence-corrected chi connectivity index (χ1v) is 6.63. The molecule has 1 heterocycles. The van der Waals surface area contributed by atoms with E-state index < -0.39 is 11.7 Å². The van der Waals surface area contributed by atoms with Crippen molar-refractivity contribution in [1.82, 2.24) is 25.5 Å². The summed E-state index contributed by atoms with van der Waals surface area (Å²) in [4.78, 5) is 0. The van der Waals surface area contributed by atoms with Gasteiger partial charge in [-0.15, -0.1) is 5.10 Å². The van der Waals surface area contributed by atoms with E-state index >= 15 is 0 Å². The predicted octanol–water partition coefficient (Wildman–Crippen LogP) is 2.24.